The van der Waals surface area contributed by atoms with Gasteiger partial charge in [0.1, 0.15) is 0 Å². The van der Waals surface area contributed by atoms with Crippen molar-refractivity contribution in [3.05, 3.63) is 66.8 Å². The lowest BCUT2D eigenvalue weighted by Crippen LogP contribution is -2.10. The van der Waals surface area contributed by atoms with Crippen LogP contribution in [0.25, 0.3) is 27.9 Å². The van der Waals surface area contributed by atoms with Crippen LogP contribution in [-0.4, -0.2) is 25.8 Å². The summed E-state index contributed by atoms with van der Waals surface area (Å²) in [5.41, 5.74) is 2.74. The fourth-order valence-electron chi connectivity index (χ4n) is 2.53. The van der Waals surface area contributed by atoms with E-state index in [2.05, 4.69) is 31.3 Å². The molecular weight excluding hydrogens is 302 g/mol. The summed E-state index contributed by atoms with van der Waals surface area (Å²) in [4.78, 5) is 27.5. The summed E-state index contributed by atoms with van der Waals surface area (Å²) in [5.74, 6) is -0.0331. The fourth-order valence-corrected chi connectivity index (χ4v) is 2.53. The molecule has 24 heavy (non-hydrogen) atoms. The number of nitrogens with one attached hydrogen (secondary N) is 2. The molecule has 0 aliphatic carbocycles. The molecule has 1 aromatic carbocycles. The van der Waals surface area contributed by atoms with Gasteiger partial charge >= 0.3 is 0 Å². The van der Waals surface area contributed by atoms with Crippen molar-refractivity contribution >= 4 is 39.7 Å². The van der Waals surface area contributed by atoms with E-state index < -0.39 is 0 Å². The van der Waals surface area contributed by atoms with Gasteiger partial charge in [0, 0.05) is 34.8 Å². The Bertz CT molecular complexity index is 1050. The van der Waals surface area contributed by atoms with Gasteiger partial charge in [-0.3, -0.25) is 15.1 Å². The minimum Gasteiger partial charge on any atom is -0.353 e. The highest BCUT2D eigenvalue weighted by Gasteiger charge is 2.05. The lowest BCUT2D eigenvalue weighted by Gasteiger charge is -1.98. The van der Waals surface area contributed by atoms with E-state index in [9.17, 15) is 4.79 Å². The van der Waals surface area contributed by atoms with E-state index >= 15 is 0 Å². The number of carbonyl (C=O) groups is 1. The first kappa shape index (κ1) is 14.1. The molecule has 0 aliphatic rings. The Kier molecular flexibility index (Phi) is 3.47. The van der Waals surface area contributed by atoms with Gasteiger partial charge in [0.25, 0.3) is 5.91 Å². The van der Waals surface area contributed by atoms with Crippen molar-refractivity contribution in [3.63, 3.8) is 0 Å². The second kappa shape index (κ2) is 5.92. The van der Waals surface area contributed by atoms with Gasteiger partial charge in [-0.15, -0.1) is 0 Å². The zero-order chi connectivity index (χ0) is 16.4. The summed E-state index contributed by atoms with van der Waals surface area (Å²) >= 11 is 0. The summed E-state index contributed by atoms with van der Waals surface area (Å²) in [5, 5.41) is 4.80. The number of fused-ring (bicyclic) bond motifs is 3. The molecule has 3 heterocycles. The molecule has 3 aromatic heterocycles. The number of carbonyl (C=O) groups excluding carboxylic acids is 1. The van der Waals surface area contributed by atoms with Crippen LogP contribution in [0.5, 0.6) is 0 Å². The van der Waals surface area contributed by atoms with Crippen molar-refractivity contribution < 1.29 is 4.79 Å². The second-order valence-corrected chi connectivity index (χ2v) is 5.22. The number of pyridine rings is 1. The van der Waals surface area contributed by atoms with Crippen LogP contribution >= 0.6 is 0 Å². The third-order valence-electron chi connectivity index (χ3n) is 3.62. The zero-order valence-electron chi connectivity index (χ0n) is 12.6. The number of hydrogen-bond donors (Lipinski definition) is 2. The molecule has 2 N–H and O–H groups in total. The number of aromatic nitrogens is 4. The molecule has 0 saturated carbocycles. The van der Waals surface area contributed by atoms with Crippen LogP contribution < -0.4 is 5.32 Å². The standard InChI is InChI=1S/C18H13N5O/c24-17(23-18-19-8-3-9-20-18)7-6-12-10-14-13-4-1-2-5-15(13)22-16(14)11-21-12/h1-11,22H,(H,19,20,23,24)/b7-6+. The molecule has 4 aromatic rings. The van der Waals surface area contributed by atoms with E-state index in [1.165, 1.54) is 6.08 Å². The number of amides is 1. The molecule has 0 radical (unpaired) electrons. The van der Waals surface area contributed by atoms with Crippen LogP contribution in [0, 0.1) is 0 Å². The predicted molar refractivity (Wildman–Crippen MR) is 93.3 cm³/mol. The van der Waals surface area contributed by atoms with Crippen molar-refractivity contribution in [2.24, 2.45) is 0 Å². The quantitative estimate of drug-likeness (QED) is 0.569. The molecule has 0 unspecified atom stereocenters. The average molecular weight is 315 g/mol. The Hall–Kier alpha value is -3.54. The molecule has 6 nitrogen and oxygen atoms in total. The third kappa shape index (κ3) is 2.72. The maximum atomic E-state index is 11.9. The summed E-state index contributed by atoms with van der Waals surface area (Å²) in [6.07, 6.45) is 7.99. The fraction of sp³-hybridized carbons (Fsp3) is 0. The maximum Gasteiger partial charge on any atom is 0.250 e. The summed E-state index contributed by atoms with van der Waals surface area (Å²) in [6.45, 7) is 0. The Morgan fingerprint density at radius 2 is 1.83 bits per heavy atom. The number of rotatable bonds is 3. The molecular formula is C18H13N5O. The number of nitrogens with zero attached hydrogens (tertiary/aromatic N) is 3. The number of aromatic amines is 1. The van der Waals surface area contributed by atoms with Crippen LogP contribution in [0.15, 0.2) is 61.1 Å². The summed E-state index contributed by atoms with van der Waals surface area (Å²) in [7, 11) is 0. The van der Waals surface area contributed by atoms with E-state index in [0.29, 0.717) is 5.69 Å². The van der Waals surface area contributed by atoms with E-state index in [0.717, 1.165) is 21.8 Å². The van der Waals surface area contributed by atoms with Crippen LogP contribution in [-0.2, 0) is 4.79 Å². The molecule has 0 saturated heterocycles. The molecule has 1 amide bonds. The van der Waals surface area contributed by atoms with Gasteiger partial charge in [0.05, 0.1) is 17.4 Å². The highest BCUT2D eigenvalue weighted by Crippen LogP contribution is 2.25. The molecule has 0 atom stereocenters. The lowest BCUT2D eigenvalue weighted by atomic mass is 10.1. The maximum absolute atomic E-state index is 11.9. The van der Waals surface area contributed by atoms with Gasteiger partial charge < -0.3 is 4.98 Å². The molecule has 4 rings (SSSR count). The van der Waals surface area contributed by atoms with Gasteiger partial charge in [-0.2, -0.15) is 0 Å². The van der Waals surface area contributed by atoms with Crippen molar-refractivity contribution in [1.82, 2.24) is 19.9 Å². The van der Waals surface area contributed by atoms with Crippen molar-refractivity contribution in [3.8, 4) is 0 Å². The Balaban J connectivity index is 1.60. The molecule has 0 fully saturated rings. The van der Waals surface area contributed by atoms with Crippen LogP contribution in [0.4, 0.5) is 5.95 Å². The molecule has 0 spiro atoms. The van der Waals surface area contributed by atoms with Crippen LogP contribution in [0.2, 0.25) is 0 Å². The van der Waals surface area contributed by atoms with E-state index in [4.69, 9.17) is 0 Å². The van der Waals surface area contributed by atoms with Crippen molar-refractivity contribution in [1.29, 1.82) is 0 Å². The van der Waals surface area contributed by atoms with Crippen molar-refractivity contribution in [2.75, 3.05) is 5.32 Å². The highest BCUT2D eigenvalue weighted by atomic mass is 16.1. The number of para-hydroxylation sites is 1. The average Bonchev–Trinajstić information content (AvgIpc) is 2.99. The summed E-state index contributed by atoms with van der Waals surface area (Å²) in [6, 6.07) is 11.7. The summed E-state index contributed by atoms with van der Waals surface area (Å²) < 4.78 is 0. The third-order valence-corrected chi connectivity index (χ3v) is 3.62. The normalized spacial score (nSPS) is 11.3. The smallest absolute Gasteiger partial charge is 0.250 e. The Morgan fingerprint density at radius 3 is 2.71 bits per heavy atom. The first-order chi connectivity index (χ1) is 11.8. The van der Waals surface area contributed by atoms with Crippen LogP contribution in [0.1, 0.15) is 5.69 Å². The SMILES string of the molecule is O=C(/C=C/c1cc2c(cn1)[nH]c1ccccc12)Nc1ncccn1. The Labute approximate surface area is 137 Å². The predicted octanol–water partition coefficient (Wildman–Crippen LogP) is 3.16. The number of benzene rings is 1. The van der Waals surface area contributed by atoms with E-state index in [1.54, 1.807) is 30.7 Å². The van der Waals surface area contributed by atoms with Crippen LogP contribution in [0.3, 0.4) is 0 Å². The van der Waals surface area contributed by atoms with E-state index in [1.807, 2.05) is 24.3 Å². The van der Waals surface area contributed by atoms with Crippen molar-refractivity contribution in [2.45, 2.75) is 0 Å². The van der Waals surface area contributed by atoms with Gasteiger partial charge in [-0.05, 0) is 24.3 Å². The van der Waals surface area contributed by atoms with Gasteiger partial charge in [-0.1, -0.05) is 18.2 Å². The lowest BCUT2D eigenvalue weighted by molar-refractivity contribution is -0.111. The first-order valence-electron chi connectivity index (χ1n) is 7.42. The molecule has 0 aliphatic heterocycles. The largest absolute Gasteiger partial charge is 0.353 e. The monoisotopic (exact) mass is 315 g/mol. The van der Waals surface area contributed by atoms with Gasteiger partial charge in [0.15, 0.2) is 0 Å². The molecule has 6 heteroatoms. The Morgan fingerprint density at radius 1 is 1.00 bits per heavy atom. The highest BCUT2D eigenvalue weighted by molar-refractivity contribution is 6.07. The van der Waals surface area contributed by atoms with E-state index in [-0.39, 0.29) is 11.9 Å². The molecule has 116 valence electrons. The topological polar surface area (TPSA) is 83.6 Å². The zero-order valence-corrected chi connectivity index (χ0v) is 12.6. The molecule has 0 bridgehead atoms. The number of hydrogen-bond acceptors (Lipinski definition) is 4. The van der Waals surface area contributed by atoms with Gasteiger partial charge in [0.2, 0.25) is 5.95 Å². The minimum absolute atomic E-state index is 0.271. The number of anilines is 1. The number of H-pyrrole nitrogens is 1. The minimum atomic E-state index is -0.304. The van der Waals surface area contributed by atoms with Gasteiger partial charge in [-0.25, -0.2) is 9.97 Å². The second-order valence-electron chi connectivity index (χ2n) is 5.22. The first-order valence-corrected chi connectivity index (χ1v) is 7.42.